The van der Waals surface area contributed by atoms with E-state index in [2.05, 4.69) is 24.3 Å². The van der Waals surface area contributed by atoms with Gasteiger partial charge < -0.3 is 10.2 Å². The third-order valence-electron chi connectivity index (χ3n) is 5.75. The van der Waals surface area contributed by atoms with Crippen molar-refractivity contribution in [3.63, 3.8) is 0 Å². The first kappa shape index (κ1) is 21.4. The summed E-state index contributed by atoms with van der Waals surface area (Å²) in [5.41, 5.74) is 7.42. The molecule has 0 bridgehead atoms. The molecule has 0 radical (unpaired) electrons. The molecule has 4 nitrogen and oxygen atoms in total. The van der Waals surface area contributed by atoms with E-state index >= 15 is 0 Å². The van der Waals surface area contributed by atoms with Crippen molar-refractivity contribution < 1.29 is 10.2 Å². The van der Waals surface area contributed by atoms with Gasteiger partial charge in [0, 0.05) is 24.0 Å². The Morgan fingerprint density at radius 2 is 0.794 bits per heavy atom. The first-order valence-corrected chi connectivity index (χ1v) is 11.2. The number of rotatable bonds is 6. The maximum atomic E-state index is 9.82. The Hall–Kier alpha value is -4.44. The predicted octanol–water partition coefficient (Wildman–Crippen LogP) is 6.40. The molecule has 0 fully saturated rings. The quantitative estimate of drug-likeness (QED) is 0.318. The van der Waals surface area contributed by atoms with Crippen LogP contribution < -0.4 is 0 Å². The van der Waals surface area contributed by atoms with E-state index in [9.17, 15) is 10.2 Å². The van der Waals surface area contributed by atoms with E-state index in [0.29, 0.717) is 12.8 Å². The van der Waals surface area contributed by atoms with Crippen LogP contribution in [-0.2, 0) is 12.8 Å². The Labute approximate surface area is 198 Å². The highest BCUT2D eigenvalue weighted by Crippen LogP contribution is 2.31. The zero-order valence-corrected chi connectivity index (χ0v) is 18.6. The van der Waals surface area contributed by atoms with Crippen molar-refractivity contribution >= 4 is 0 Å². The van der Waals surface area contributed by atoms with Crippen molar-refractivity contribution in [1.82, 2.24) is 9.97 Å². The van der Waals surface area contributed by atoms with Gasteiger partial charge in [-0.05, 0) is 59.7 Å². The summed E-state index contributed by atoms with van der Waals surface area (Å²) in [5.74, 6) is 0.429. The van der Waals surface area contributed by atoms with Crippen LogP contribution in [0, 0.1) is 0 Å². The normalized spacial score (nSPS) is 10.8. The third kappa shape index (κ3) is 4.81. The van der Waals surface area contributed by atoms with Crippen LogP contribution in [0.5, 0.6) is 11.5 Å². The van der Waals surface area contributed by atoms with Gasteiger partial charge in [0.1, 0.15) is 11.5 Å². The Morgan fingerprint density at radius 1 is 0.441 bits per heavy atom. The number of nitrogens with zero attached hydrogens (tertiary/aromatic N) is 2. The van der Waals surface area contributed by atoms with Crippen LogP contribution in [0.15, 0.2) is 109 Å². The van der Waals surface area contributed by atoms with Crippen molar-refractivity contribution in [2.45, 2.75) is 12.8 Å². The molecule has 0 atom stereocenters. The first-order valence-electron chi connectivity index (χ1n) is 11.2. The monoisotopic (exact) mass is 444 g/mol. The van der Waals surface area contributed by atoms with Crippen molar-refractivity contribution in [3.8, 4) is 34.0 Å². The molecule has 0 saturated carbocycles. The second kappa shape index (κ2) is 9.59. The number of aromatic nitrogens is 2. The van der Waals surface area contributed by atoms with Gasteiger partial charge in [-0.1, -0.05) is 60.7 Å². The molecule has 4 heteroatoms. The average molecular weight is 445 g/mol. The second-order valence-corrected chi connectivity index (χ2v) is 8.23. The van der Waals surface area contributed by atoms with Crippen LogP contribution in [0.4, 0.5) is 0 Å². The van der Waals surface area contributed by atoms with Gasteiger partial charge in [0.05, 0.1) is 22.8 Å². The predicted molar refractivity (Wildman–Crippen MR) is 135 cm³/mol. The third-order valence-corrected chi connectivity index (χ3v) is 5.75. The number of phenols is 2. The van der Waals surface area contributed by atoms with Crippen LogP contribution in [0.25, 0.3) is 22.5 Å². The molecule has 4 aromatic carbocycles. The maximum absolute atomic E-state index is 9.82. The molecular weight excluding hydrogens is 420 g/mol. The molecule has 0 amide bonds. The molecule has 2 N–H and O–H groups in total. The van der Waals surface area contributed by atoms with Gasteiger partial charge in [0.15, 0.2) is 0 Å². The first-order chi connectivity index (χ1) is 16.7. The lowest BCUT2D eigenvalue weighted by molar-refractivity contribution is 0.475. The number of aromatic hydroxyl groups is 2. The fourth-order valence-electron chi connectivity index (χ4n) is 4.03. The second-order valence-electron chi connectivity index (χ2n) is 8.23. The van der Waals surface area contributed by atoms with E-state index in [1.165, 1.54) is 0 Å². The fourth-order valence-corrected chi connectivity index (χ4v) is 4.03. The van der Waals surface area contributed by atoms with Gasteiger partial charge in [0.2, 0.25) is 0 Å². The maximum Gasteiger partial charge on any atom is 0.115 e. The molecule has 1 heterocycles. The van der Waals surface area contributed by atoms with Gasteiger partial charge in [-0.15, -0.1) is 0 Å². The van der Waals surface area contributed by atoms with Gasteiger partial charge in [-0.25, -0.2) is 9.97 Å². The molecule has 166 valence electrons. The lowest BCUT2D eigenvalue weighted by Gasteiger charge is -2.16. The highest BCUT2D eigenvalue weighted by atomic mass is 16.3. The van der Waals surface area contributed by atoms with Crippen molar-refractivity contribution in [2.24, 2.45) is 0 Å². The van der Waals surface area contributed by atoms with E-state index in [1.54, 1.807) is 24.3 Å². The molecule has 0 aliphatic carbocycles. The zero-order chi connectivity index (χ0) is 23.3. The molecule has 5 rings (SSSR count). The number of hydrogen-bond acceptors (Lipinski definition) is 4. The van der Waals surface area contributed by atoms with Crippen LogP contribution in [-0.4, -0.2) is 20.2 Å². The molecule has 5 aromatic rings. The summed E-state index contributed by atoms with van der Waals surface area (Å²) in [6, 6.07) is 34.6. The number of benzene rings is 4. The topological polar surface area (TPSA) is 66.2 Å². The minimum Gasteiger partial charge on any atom is -0.508 e. The highest BCUT2D eigenvalue weighted by molar-refractivity contribution is 5.69. The summed E-state index contributed by atoms with van der Waals surface area (Å²) >= 11 is 0. The largest absolute Gasteiger partial charge is 0.508 e. The Kier molecular flexibility index (Phi) is 6.04. The van der Waals surface area contributed by atoms with Crippen LogP contribution in [0.3, 0.4) is 0 Å². The van der Waals surface area contributed by atoms with Gasteiger partial charge in [-0.2, -0.15) is 0 Å². The van der Waals surface area contributed by atoms with E-state index in [-0.39, 0.29) is 11.5 Å². The minimum atomic E-state index is 0.214. The lowest BCUT2D eigenvalue weighted by Crippen LogP contribution is -2.07. The van der Waals surface area contributed by atoms with E-state index in [4.69, 9.17) is 9.97 Å². The van der Waals surface area contributed by atoms with Crippen molar-refractivity contribution in [1.29, 1.82) is 0 Å². The summed E-state index contributed by atoms with van der Waals surface area (Å²) in [6.07, 6.45) is 1.25. The number of phenolic OH excluding ortho intramolecular Hbond substituents is 2. The smallest absolute Gasteiger partial charge is 0.115 e. The van der Waals surface area contributed by atoms with E-state index in [0.717, 1.165) is 45.0 Å². The average Bonchev–Trinajstić information content (AvgIpc) is 2.87. The zero-order valence-electron chi connectivity index (χ0n) is 18.6. The van der Waals surface area contributed by atoms with Crippen molar-refractivity contribution in [3.05, 3.63) is 132 Å². The molecule has 0 aliphatic rings. The molecule has 0 spiro atoms. The summed E-state index contributed by atoms with van der Waals surface area (Å²) in [4.78, 5) is 10.3. The molecule has 0 unspecified atom stereocenters. The van der Waals surface area contributed by atoms with Crippen molar-refractivity contribution in [2.75, 3.05) is 0 Å². The summed E-state index contributed by atoms with van der Waals surface area (Å²) < 4.78 is 0. The Bertz CT molecular complexity index is 1270. The molecule has 1 aromatic heterocycles. The van der Waals surface area contributed by atoms with Gasteiger partial charge >= 0.3 is 0 Å². The van der Waals surface area contributed by atoms with Crippen LogP contribution >= 0.6 is 0 Å². The fraction of sp³-hybridized carbons (Fsp3) is 0.0667. The van der Waals surface area contributed by atoms with Gasteiger partial charge in [-0.3, -0.25) is 0 Å². The van der Waals surface area contributed by atoms with E-state index < -0.39 is 0 Å². The molecule has 0 saturated heterocycles. The summed E-state index contributed by atoms with van der Waals surface area (Å²) in [7, 11) is 0. The van der Waals surface area contributed by atoms with E-state index in [1.807, 2.05) is 60.7 Å². The highest BCUT2D eigenvalue weighted by Gasteiger charge is 2.18. The minimum absolute atomic E-state index is 0.214. The standard InChI is InChI=1S/C30H24N2O2/c33-25-15-11-23(12-16-25)29-27(19-21-7-3-1-4-8-21)31-30(24-13-17-26(34)18-14-24)28(32-29)20-22-9-5-2-6-10-22/h1-18,33-34H,19-20H2. The number of hydrogen-bond donors (Lipinski definition) is 2. The SMILES string of the molecule is Oc1ccc(-c2nc(Cc3ccccc3)c(-c3ccc(O)cc3)nc2Cc2ccccc2)cc1. The lowest BCUT2D eigenvalue weighted by atomic mass is 9.99. The summed E-state index contributed by atoms with van der Waals surface area (Å²) in [5, 5.41) is 19.6. The van der Waals surface area contributed by atoms with Crippen LogP contribution in [0.1, 0.15) is 22.5 Å². The van der Waals surface area contributed by atoms with Crippen LogP contribution in [0.2, 0.25) is 0 Å². The Balaban J connectivity index is 1.70. The Morgan fingerprint density at radius 3 is 1.15 bits per heavy atom. The molecule has 0 aliphatic heterocycles. The van der Waals surface area contributed by atoms with Gasteiger partial charge in [0.25, 0.3) is 0 Å². The molecule has 34 heavy (non-hydrogen) atoms. The molecular formula is C30H24N2O2. The summed E-state index contributed by atoms with van der Waals surface area (Å²) in [6.45, 7) is 0.